The molecule has 0 fully saturated rings. The second kappa shape index (κ2) is 6.23. The van der Waals surface area contributed by atoms with Crippen LogP contribution in [0, 0.1) is 0 Å². The molecule has 1 atom stereocenters. The molecule has 0 radical (unpaired) electrons. The smallest absolute Gasteiger partial charge is 0.250 e. The summed E-state index contributed by atoms with van der Waals surface area (Å²) in [5.41, 5.74) is -0.132. The van der Waals surface area contributed by atoms with E-state index in [4.69, 9.17) is 0 Å². The second-order valence-corrected chi connectivity index (χ2v) is 7.61. The first kappa shape index (κ1) is 17.3. The van der Waals surface area contributed by atoms with Gasteiger partial charge in [-0.3, -0.25) is 0 Å². The molecule has 0 N–H and O–H groups in total. The predicted octanol–water partition coefficient (Wildman–Crippen LogP) is 3.17. The normalized spacial score (nSPS) is 14.3. The summed E-state index contributed by atoms with van der Waals surface area (Å²) in [6.07, 6.45) is -0.456. The molecule has 2 heterocycles. The van der Waals surface area contributed by atoms with Crippen LogP contribution < -0.4 is 0 Å². The largest absolute Gasteiger partial charge is 0.433 e. The van der Waals surface area contributed by atoms with Crippen LogP contribution in [0.15, 0.2) is 35.0 Å². The first-order valence-electron chi connectivity index (χ1n) is 6.63. The molecule has 0 amide bonds. The van der Waals surface area contributed by atoms with E-state index in [9.17, 15) is 17.4 Å². The fraction of sp³-hybridized carbons (Fsp3) is 0.357. The third kappa shape index (κ3) is 4.47. The number of rotatable bonds is 3. The van der Waals surface area contributed by atoms with Gasteiger partial charge in [-0.05, 0) is 39.0 Å². The third-order valence-electron chi connectivity index (χ3n) is 2.72. The number of halogens is 3. The molecule has 0 unspecified atom stereocenters. The Kier molecular flexibility index (Phi) is 4.69. The highest BCUT2D eigenvalue weighted by molar-refractivity contribution is 7.85. The molecule has 23 heavy (non-hydrogen) atoms. The summed E-state index contributed by atoms with van der Waals surface area (Å²) in [4.78, 5) is 3.37. The van der Waals surface area contributed by atoms with Gasteiger partial charge in [0.15, 0.2) is 0 Å². The molecule has 0 saturated carbocycles. The van der Waals surface area contributed by atoms with Crippen molar-refractivity contribution in [2.75, 3.05) is 0 Å². The topological polar surface area (TPSA) is 60.1 Å². The van der Waals surface area contributed by atoms with Crippen molar-refractivity contribution in [2.45, 2.75) is 31.7 Å². The van der Waals surface area contributed by atoms with Gasteiger partial charge in [-0.15, -0.1) is 0 Å². The first-order chi connectivity index (χ1) is 10.6. The van der Waals surface area contributed by atoms with Gasteiger partial charge in [-0.1, -0.05) is 0 Å². The highest BCUT2D eigenvalue weighted by Gasteiger charge is 2.32. The molecular weight excluding hydrogens is 329 g/mol. The maximum atomic E-state index is 12.5. The minimum Gasteiger partial charge on any atom is -0.250 e. The maximum Gasteiger partial charge on any atom is 0.433 e. The molecule has 0 aliphatic rings. The van der Waals surface area contributed by atoms with Crippen molar-refractivity contribution >= 4 is 17.2 Å². The molecule has 124 valence electrons. The Morgan fingerprint density at radius 2 is 1.91 bits per heavy atom. The van der Waals surface area contributed by atoms with Crippen LogP contribution in [0.1, 0.15) is 32.2 Å². The molecule has 2 aromatic rings. The Labute approximate surface area is 133 Å². The van der Waals surface area contributed by atoms with Gasteiger partial charge in [0, 0.05) is 6.20 Å². The van der Waals surface area contributed by atoms with Gasteiger partial charge in [-0.2, -0.15) is 22.7 Å². The molecule has 0 bridgehead atoms. The van der Waals surface area contributed by atoms with Crippen molar-refractivity contribution in [1.29, 1.82) is 0 Å². The average Bonchev–Trinajstić information content (AvgIpc) is 2.91. The lowest BCUT2D eigenvalue weighted by Crippen LogP contribution is -2.19. The van der Waals surface area contributed by atoms with E-state index in [2.05, 4.69) is 14.5 Å². The summed E-state index contributed by atoms with van der Waals surface area (Å²) in [7, 11) is -1.40. The highest BCUT2D eigenvalue weighted by Crippen LogP contribution is 2.27. The maximum absolute atomic E-state index is 12.5. The van der Waals surface area contributed by atoms with Gasteiger partial charge >= 0.3 is 6.18 Å². The summed E-state index contributed by atoms with van der Waals surface area (Å²) in [5, 5.41) is 4.14. The highest BCUT2D eigenvalue weighted by atomic mass is 32.2. The lowest BCUT2D eigenvalue weighted by atomic mass is 10.3. The van der Waals surface area contributed by atoms with E-state index in [-0.39, 0.29) is 0 Å². The molecule has 9 heteroatoms. The number of aromatic nitrogens is 3. The molecule has 0 aliphatic heterocycles. The number of hydrogen-bond donors (Lipinski definition) is 0. The van der Waals surface area contributed by atoms with Crippen molar-refractivity contribution < 1.29 is 17.4 Å². The van der Waals surface area contributed by atoms with E-state index in [0.717, 1.165) is 12.3 Å². The van der Waals surface area contributed by atoms with Crippen molar-refractivity contribution in [1.82, 2.24) is 14.8 Å². The monoisotopic (exact) mass is 344 g/mol. The fourth-order valence-corrected chi connectivity index (χ4v) is 2.02. The minimum absolute atomic E-state index is 0.384. The Balaban J connectivity index is 2.16. The zero-order valence-corrected chi connectivity index (χ0v) is 13.5. The van der Waals surface area contributed by atoms with E-state index in [1.807, 2.05) is 0 Å². The van der Waals surface area contributed by atoms with Crippen LogP contribution in [-0.4, -0.2) is 29.9 Å². The quantitative estimate of drug-likeness (QED) is 0.804. The van der Waals surface area contributed by atoms with Crippen molar-refractivity contribution in [3.8, 4) is 5.69 Å². The van der Waals surface area contributed by atoms with E-state index in [0.29, 0.717) is 11.4 Å². The molecule has 0 aliphatic carbocycles. The van der Waals surface area contributed by atoms with Crippen LogP contribution in [0.4, 0.5) is 13.2 Å². The fourth-order valence-electron chi connectivity index (χ4n) is 1.50. The number of pyridine rings is 1. The molecule has 5 nitrogen and oxygen atoms in total. The second-order valence-electron chi connectivity index (χ2n) is 5.68. The SMILES string of the molecule is CC(C)(C)[S@](=O)N=Cc1ccn(-c2ccc(C(F)(F)F)nc2)n1. The van der Waals surface area contributed by atoms with Gasteiger partial charge in [0.1, 0.15) is 22.4 Å². The summed E-state index contributed by atoms with van der Waals surface area (Å²) in [5.74, 6) is 0. The third-order valence-corrected chi connectivity index (χ3v) is 4.06. The Morgan fingerprint density at radius 3 is 2.43 bits per heavy atom. The van der Waals surface area contributed by atoms with Gasteiger partial charge in [-0.25, -0.2) is 13.9 Å². The molecule has 0 spiro atoms. The van der Waals surface area contributed by atoms with Gasteiger partial charge < -0.3 is 0 Å². The molecular formula is C14H15F3N4OS. The van der Waals surface area contributed by atoms with Gasteiger partial charge in [0.25, 0.3) is 0 Å². The van der Waals surface area contributed by atoms with Crippen LogP contribution in [-0.2, 0) is 17.2 Å². The zero-order valence-electron chi connectivity index (χ0n) is 12.7. The van der Waals surface area contributed by atoms with Gasteiger partial charge in [0.2, 0.25) is 0 Å². The molecule has 0 saturated heterocycles. The molecule has 2 aromatic heterocycles. The van der Waals surface area contributed by atoms with Crippen LogP contribution >= 0.6 is 0 Å². The van der Waals surface area contributed by atoms with Crippen molar-refractivity contribution in [2.24, 2.45) is 4.40 Å². The number of hydrogen-bond acceptors (Lipinski definition) is 3. The van der Waals surface area contributed by atoms with E-state index < -0.39 is 27.6 Å². The van der Waals surface area contributed by atoms with Crippen LogP contribution in [0.25, 0.3) is 5.69 Å². The minimum atomic E-state index is -4.47. The lowest BCUT2D eigenvalue weighted by Gasteiger charge is -2.12. The Bertz CT molecular complexity index is 730. The summed E-state index contributed by atoms with van der Waals surface area (Å²) >= 11 is 0. The summed E-state index contributed by atoms with van der Waals surface area (Å²) < 4.78 is 54.0. The van der Waals surface area contributed by atoms with Crippen molar-refractivity contribution in [3.05, 3.63) is 42.0 Å². The first-order valence-corrected chi connectivity index (χ1v) is 7.73. The predicted molar refractivity (Wildman–Crippen MR) is 81.9 cm³/mol. The molecule has 2 rings (SSSR count). The van der Waals surface area contributed by atoms with Crippen LogP contribution in [0.2, 0.25) is 0 Å². The number of nitrogens with zero attached hydrogens (tertiary/aromatic N) is 4. The Hall–Kier alpha value is -2.03. The van der Waals surface area contributed by atoms with E-state index in [1.54, 1.807) is 33.0 Å². The molecule has 0 aromatic carbocycles. The average molecular weight is 344 g/mol. The van der Waals surface area contributed by atoms with Crippen molar-refractivity contribution in [3.63, 3.8) is 0 Å². The lowest BCUT2D eigenvalue weighted by molar-refractivity contribution is -0.141. The van der Waals surface area contributed by atoms with Gasteiger partial charge in [0.05, 0.1) is 22.8 Å². The Morgan fingerprint density at radius 1 is 1.22 bits per heavy atom. The van der Waals surface area contributed by atoms with E-state index in [1.165, 1.54) is 17.0 Å². The standard InChI is InChI=1S/C14H15F3N4OS/c1-13(2,3)23(22)19-8-10-6-7-21(20-10)11-4-5-12(18-9-11)14(15,16)17/h4-9H,1-3H3/t23-/m0/s1. The van der Waals surface area contributed by atoms with Crippen LogP contribution in [0.5, 0.6) is 0 Å². The van der Waals surface area contributed by atoms with E-state index >= 15 is 0 Å². The summed E-state index contributed by atoms with van der Waals surface area (Å²) in [6, 6.07) is 3.78. The summed E-state index contributed by atoms with van der Waals surface area (Å²) in [6.45, 7) is 5.40. The van der Waals surface area contributed by atoms with Crippen LogP contribution in [0.3, 0.4) is 0 Å². The number of alkyl halides is 3. The zero-order chi connectivity index (χ0) is 17.3.